The van der Waals surface area contributed by atoms with Gasteiger partial charge < -0.3 is 14.5 Å². The molecule has 1 saturated heterocycles. The molecule has 0 aliphatic carbocycles. The van der Waals surface area contributed by atoms with Crippen LogP contribution in [0.3, 0.4) is 0 Å². The van der Waals surface area contributed by atoms with E-state index in [1.165, 1.54) is 12.1 Å². The van der Waals surface area contributed by atoms with Gasteiger partial charge in [-0.2, -0.15) is 0 Å². The van der Waals surface area contributed by atoms with Gasteiger partial charge in [-0.15, -0.1) is 13.2 Å². The number of hydrogen-bond acceptors (Lipinski definition) is 5. The third-order valence-corrected chi connectivity index (χ3v) is 3.90. The first kappa shape index (κ1) is 16.6. The molecule has 3 rings (SSSR count). The zero-order valence-electron chi connectivity index (χ0n) is 12.9. The lowest BCUT2D eigenvalue weighted by Gasteiger charge is -2.26. The third-order valence-electron chi connectivity index (χ3n) is 3.90. The quantitative estimate of drug-likeness (QED) is 0.866. The smallest absolute Gasteiger partial charge is 0.468 e. The minimum absolute atomic E-state index is 0.0652. The van der Waals surface area contributed by atoms with Gasteiger partial charge in [0.25, 0.3) is 0 Å². The molecule has 0 bridgehead atoms. The molecule has 2 aromatic heterocycles. The predicted octanol–water partition coefficient (Wildman–Crippen LogP) is 3.82. The molecule has 3 heterocycles. The van der Waals surface area contributed by atoms with Crippen LogP contribution in [0, 0.1) is 0 Å². The highest BCUT2D eigenvalue weighted by atomic mass is 19.4. The Labute approximate surface area is 137 Å². The van der Waals surface area contributed by atoms with Crippen LogP contribution in [0.1, 0.15) is 24.6 Å². The molecule has 5 nitrogen and oxygen atoms in total. The van der Waals surface area contributed by atoms with Crippen LogP contribution in [0.5, 0.6) is 5.75 Å². The molecule has 1 aliphatic heterocycles. The van der Waals surface area contributed by atoms with Crippen LogP contribution in [0.15, 0.2) is 41.1 Å². The van der Waals surface area contributed by atoms with Crippen molar-refractivity contribution >= 4 is 5.82 Å². The second kappa shape index (κ2) is 7.12. The SMILES string of the molecule is FC(F)(F)Oc1ccc(NCC(c2ccco2)N2CCCC2)nc1. The van der Waals surface area contributed by atoms with E-state index in [4.69, 9.17) is 4.42 Å². The van der Waals surface area contributed by atoms with Gasteiger partial charge in [0.05, 0.1) is 18.5 Å². The maximum atomic E-state index is 12.1. The Kier molecular flexibility index (Phi) is 4.94. The van der Waals surface area contributed by atoms with Gasteiger partial charge in [-0.1, -0.05) is 0 Å². The molecule has 1 N–H and O–H groups in total. The summed E-state index contributed by atoms with van der Waals surface area (Å²) in [6, 6.07) is 6.54. The molecule has 0 saturated carbocycles. The fraction of sp³-hybridized carbons (Fsp3) is 0.438. The summed E-state index contributed by atoms with van der Waals surface area (Å²) >= 11 is 0. The Balaban J connectivity index is 1.62. The normalized spacial score (nSPS) is 17.0. The molecule has 1 unspecified atom stereocenters. The molecule has 2 aromatic rings. The summed E-state index contributed by atoms with van der Waals surface area (Å²) in [6.45, 7) is 2.55. The Morgan fingerprint density at radius 3 is 2.62 bits per heavy atom. The average Bonchev–Trinajstić information content (AvgIpc) is 3.21. The lowest BCUT2D eigenvalue weighted by Crippen LogP contribution is -2.30. The van der Waals surface area contributed by atoms with Crippen molar-refractivity contribution in [1.29, 1.82) is 0 Å². The van der Waals surface area contributed by atoms with Gasteiger partial charge in [0.1, 0.15) is 17.3 Å². The van der Waals surface area contributed by atoms with E-state index in [2.05, 4.69) is 19.9 Å². The number of halogens is 3. The molecule has 0 spiro atoms. The third kappa shape index (κ3) is 4.41. The predicted molar refractivity (Wildman–Crippen MR) is 81.7 cm³/mol. The highest BCUT2D eigenvalue weighted by Crippen LogP contribution is 2.26. The largest absolute Gasteiger partial charge is 0.573 e. The fourth-order valence-corrected chi connectivity index (χ4v) is 2.82. The van der Waals surface area contributed by atoms with E-state index in [1.807, 2.05) is 12.1 Å². The molecule has 8 heteroatoms. The van der Waals surface area contributed by atoms with Crippen molar-refractivity contribution in [3.63, 3.8) is 0 Å². The van der Waals surface area contributed by atoms with Crippen molar-refractivity contribution in [2.24, 2.45) is 0 Å². The molecule has 1 aliphatic rings. The number of alkyl halides is 3. The van der Waals surface area contributed by atoms with Gasteiger partial charge in [0, 0.05) is 6.54 Å². The second-order valence-corrected chi connectivity index (χ2v) is 5.58. The van der Waals surface area contributed by atoms with Crippen LogP contribution in [-0.2, 0) is 0 Å². The van der Waals surface area contributed by atoms with Gasteiger partial charge >= 0.3 is 6.36 Å². The molecule has 0 radical (unpaired) electrons. The van der Waals surface area contributed by atoms with Crippen molar-refractivity contribution in [1.82, 2.24) is 9.88 Å². The molecule has 0 amide bonds. The Hall–Kier alpha value is -2.22. The minimum atomic E-state index is -4.71. The number of likely N-dealkylation sites (tertiary alicyclic amines) is 1. The van der Waals surface area contributed by atoms with E-state index in [0.717, 1.165) is 37.9 Å². The zero-order chi connectivity index (χ0) is 17.0. The van der Waals surface area contributed by atoms with Crippen molar-refractivity contribution in [3.05, 3.63) is 42.5 Å². The van der Waals surface area contributed by atoms with Crippen molar-refractivity contribution in [2.75, 3.05) is 25.0 Å². The monoisotopic (exact) mass is 341 g/mol. The molecule has 130 valence electrons. The summed E-state index contributed by atoms with van der Waals surface area (Å²) in [6.07, 6.45) is 0.280. The fourth-order valence-electron chi connectivity index (χ4n) is 2.82. The summed E-state index contributed by atoms with van der Waals surface area (Å²) in [5.74, 6) is 1.01. The standard InChI is InChI=1S/C16H18F3N3O2/c17-16(18,19)24-12-5-6-15(20-10-12)21-11-13(14-4-3-9-23-14)22-7-1-2-8-22/h3-6,9-10,13H,1-2,7-8,11H2,(H,20,21). The molecular weight excluding hydrogens is 323 g/mol. The summed E-state index contributed by atoms with van der Waals surface area (Å²) in [7, 11) is 0. The minimum Gasteiger partial charge on any atom is -0.468 e. The molecule has 1 atom stereocenters. The lowest BCUT2D eigenvalue weighted by atomic mass is 10.2. The number of furan rings is 1. The number of ether oxygens (including phenoxy) is 1. The summed E-state index contributed by atoms with van der Waals surface area (Å²) in [5, 5.41) is 3.15. The van der Waals surface area contributed by atoms with Crippen molar-refractivity contribution < 1.29 is 22.3 Å². The zero-order valence-corrected chi connectivity index (χ0v) is 12.9. The summed E-state index contributed by atoms with van der Waals surface area (Å²) < 4.78 is 45.8. The maximum Gasteiger partial charge on any atom is 0.573 e. The number of rotatable bonds is 6. The van der Waals surface area contributed by atoms with E-state index in [9.17, 15) is 13.2 Å². The van der Waals surface area contributed by atoms with Gasteiger partial charge in [0.15, 0.2) is 0 Å². The number of anilines is 1. The molecule has 24 heavy (non-hydrogen) atoms. The Bertz CT molecular complexity index is 623. The van der Waals surface area contributed by atoms with Gasteiger partial charge in [0.2, 0.25) is 0 Å². The first-order valence-electron chi connectivity index (χ1n) is 7.74. The van der Waals surface area contributed by atoms with Crippen molar-refractivity contribution in [2.45, 2.75) is 25.2 Å². The van der Waals surface area contributed by atoms with Gasteiger partial charge in [-0.3, -0.25) is 4.90 Å². The van der Waals surface area contributed by atoms with E-state index >= 15 is 0 Å². The number of pyridine rings is 1. The summed E-state index contributed by atoms with van der Waals surface area (Å²) in [5.41, 5.74) is 0. The van der Waals surface area contributed by atoms with Crippen LogP contribution in [-0.4, -0.2) is 35.9 Å². The van der Waals surface area contributed by atoms with E-state index in [1.54, 1.807) is 6.26 Å². The summed E-state index contributed by atoms with van der Waals surface area (Å²) in [4.78, 5) is 6.28. The van der Waals surface area contributed by atoms with Crippen molar-refractivity contribution in [3.8, 4) is 5.75 Å². The van der Waals surface area contributed by atoms with Crippen LogP contribution in [0.2, 0.25) is 0 Å². The first-order valence-corrected chi connectivity index (χ1v) is 7.74. The number of aromatic nitrogens is 1. The van der Waals surface area contributed by atoms with Crippen LogP contribution < -0.4 is 10.1 Å². The topological polar surface area (TPSA) is 50.5 Å². The molecule has 0 aromatic carbocycles. The Morgan fingerprint density at radius 1 is 1.25 bits per heavy atom. The van der Waals surface area contributed by atoms with E-state index < -0.39 is 6.36 Å². The highest BCUT2D eigenvalue weighted by molar-refractivity contribution is 5.38. The second-order valence-electron chi connectivity index (χ2n) is 5.58. The van der Waals surface area contributed by atoms with Gasteiger partial charge in [-0.05, 0) is 50.2 Å². The molecule has 1 fully saturated rings. The number of nitrogens with one attached hydrogen (secondary N) is 1. The van der Waals surface area contributed by atoms with Crippen LogP contribution >= 0.6 is 0 Å². The first-order chi connectivity index (χ1) is 11.5. The van der Waals surface area contributed by atoms with Crippen LogP contribution in [0.4, 0.5) is 19.0 Å². The Morgan fingerprint density at radius 2 is 2.04 bits per heavy atom. The molecular formula is C16H18F3N3O2. The van der Waals surface area contributed by atoms with E-state index in [-0.39, 0.29) is 11.8 Å². The highest BCUT2D eigenvalue weighted by Gasteiger charge is 2.31. The lowest BCUT2D eigenvalue weighted by molar-refractivity contribution is -0.274. The number of hydrogen-bond donors (Lipinski definition) is 1. The number of nitrogens with zero attached hydrogens (tertiary/aromatic N) is 2. The van der Waals surface area contributed by atoms with Crippen LogP contribution in [0.25, 0.3) is 0 Å². The van der Waals surface area contributed by atoms with E-state index in [0.29, 0.717) is 12.4 Å². The maximum absolute atomic E-state index is 12.1. The van der Waals surface area contributed by atoms with Gasteiger partial charge in [-0.25, -0.2) is 4.98 Å². The average molecular weight is 341 g/mol.